The second-order valence-electron chi connectivity index (χ2n) is 15.1. The number of carbonyl (C=O) groups excluding carboxylic acids is 1. The normalized spacial score (nSPS) is 14.4. The molecule has 7 aromatic rings. The molecule has 6 aromatic carbocycles. The summed E-state index contributed by atoms with van der Waals surface area (Å²) in [6.45, 7) is 3.44. The van der Waals surface area contributed by atoms with Crippen molar-refractivity contribution in [3.8, 4) is 44.5 Å². The van der Waals surface area contributed by atoms with Gasteiger partial charge in [-0.25, -0.2) is 4.98 Å². The second-order valence-corrected chi connectivity index (χ2v) is 15.1. The van der Waals surface area contributed by atoms with E-state index in [1.165, 1.54) is 17.2 Å². The van der Waals surface area contributed by atoms with Crippen LogP contribution in [0.3, 0.4) is 0 Å². The molecule has 0 unspecified atom stereocenters. The van der Waals surface area contributed by atoms with Gasteiger partial charge in [0.2, 0.25) is 0 Å². The van der Waals surface area contributed by atoms with Crippen LogP contribution >= 0.6 is 0 Å². The van der Waals surface area contributed by atoms with Crippen molar-refractivity contribution in [1.29, 1.82) is 0 Å². The van der Waals surface area contributed by atoms with Crippen molar-refractivity contribution in [1.82, 2.24) is 4.98 Å². The van der Waals surface area contributed by atoms with E-state index in [-0.39, 0.29) is 61.1 Å². The van der Waals surface area contributed by atoms with Crippen LogP contribution < -0.4 is 4.90 Å². The van der Waals surface area contributed by atoms with Crippen LogP contribution in [0.2, 0.25) is 0 Å². The number of hydrogen-bond acceptors (Lipinski definition) is 2. The number of hydrogen-bond donors (Lipinski definition) is 0. The first kappa shape index (κ1) is 42.1. The van der Waals surface area contributed by atoms with Crippen molar-refractivity contribution >= 4 is 22.5 Å². The Morgan fingerprint density at radius 1 is 0.452 bits per heavy atom. The fourth-order valence-electron chi connectivity index (χ4n) is 8.11. The predicted octanol–water partition coefficient (Wildman–Crippen LogP) is 14.9. The molecule has 8 rings (SSSR count). The van der Waals surface area contributed by atoms with E-state index in [0.29, 0.717) is 11.1 Å². The number of anilines is 1. The van der Waals surface area contributed by atoms with E-state index in [4.69, 9.17) is 0 Å². The van der Waals surface area contributed by atoms with Crippen LogP contribution in [-0.4, -0.2) is 10.9 Å². The van der Waals surface area contributed by atoms with Crippen LogP contribution in [0, 0.1) is 0 Å². The highest BCUT2D eigenvalue weighted by molar-refractivity contribution is 6.24. The summed E-state index contributed by atoms with van der Waals surface area (Å²) in [6, 6.07) is 23.1. The van der Waals surface area contributed by atoms with E-state index >= 15 is 0 Å². The number of carbonyl (C=O) groups is 1. The van der Waals surface area contributed by atoms with Gasteiger partial charge in [0.05, 0.1) is 27.8 Å². The van der Waals surface area contributed by atoms with Gasteiger partial charge in [0.15, 0.2) is 0 Å². The second kappa shape index (κ2) is 14.5. The molecule has 1 aromatic heterocycles. The molecule has 0 bridgehead atoms. The van der Waals surface area contributed by atoms with Crippen LogP contribution in [0.5, 0.6) is 0 Å². The van der Waals surface area contributed by atoms with Gasteiger partial charge in [-0.3, -0.25) is 9.69 Å². The number of benzene rings is 6. The Balaban J connectivity index is 1.61. The molecule has 0 atom stereocenters. The molecular formula is C47H28F12N2O. The lowest BCUT2D eigenvalue weighted by atomic mass is 9.78. The van der Waals surface area contributed by atoms with Gasteiger partial charge >= 0.3 is 24.7 Å². The number of fused-ring (bicyclic) bond motifs is 2. The van der Waals surface area contributed by atoms with Gasteiger partial charge in [-0.15, -0.1) is 0 Å². The number of amides is 1. The average molecular weight is 865 g/mol. The fraction of sp³-hybridized carbons (Fsp3) is 0.149. The lowest BCUT2D eigenvalue weighted by Gasteiger charge is -2.34. The first-order valence-corrected chi connectivity index (χ1v) is 18.6. The van der Waals surface area contributed by atoms with Crippen LogP contribution in [0.1, 0.15) is 52.0 Å². The minimum atomic E-state index is -4.83. The molecule has 1 aliphatic heterocycles. The third-order valence-electron chi connectivity index (χ3n) is 11.0. The van der Waals surface area contributed by atoms with Gasteiger partial charge in [0.25, 0.3) is 5.91 Å². The fourth-order valence-corrected chi connectivity index (χ4v) is 8.11. The number of halogens is 12. The maximum atomic E-state index is 14.5. The van der Waals surface area contributed by atoms with Crippen molar-refractivity contribution < 1.29 is 57.5 Å². The molecule has 316 valence electrons. The molecule has 15 heteroatoms. The minimum Gasteiger partial charge on any atom is -0.282 e. The summed E-state index contributed by atoms with van der Waals surface area (Å²) in [5.74, 6) is -0.605. The summed E-state index contributed by atoms with van der Waals surface area (Å²) in [4.78, 5) is 20.5. The lowest BCUT2D eigenvalue weighted by molar-refractivity contribution is -0.138. The highest BCUT2D eigenvalue weighted by atomic mass is 19.4. The third kappa shape index (κ3) is 7.22. The van der Waals surface area contributed by atoms with Crippen molar-refractivity contribution in [2.75, 3.05) is 4.90 Å². The third-order valence-corrected chi connectivity index (χ3v) is 11.0. The van der Waals surface area contributed by atoms with Crippen molar-refractivity contribution in [3.63, 3.8) is 0 Å². The van der Waals surface area contributed by atoms with Gasteiger partial charge in [-0.2, -0.15) is 52.7 Å². The predicted molar refractivity (Wildman–Crippen MR) is 210 cm³/mol. The standard InChI is InChI=1S/C47H28F12N2O/c1-43(2)35-6-4-3-5-33(35)42(62)61(43)41-40-34(23-24-60-41)36(25-7-15-29(16-8-25)44(48,49)50)37(26-9-17-30(18-10-26)45(51,52)53)38(27-11-19-31(20-12-27)46(54,55)56)39(40)28-13-21-32(22-14-28)47(57,58)59/h3-24H,1-2H3. The van der Waals surface area contributed by atoms with Gasteiger partial charge in [0, 0.05) is 22.7 Å². The highest BCUT2D eigenvalue weighted by Crippen LogP contribution is 2.55. The van der Waals surface area contributed by atoms with Gasteiger partial charge < -0.3 is 0 Å². The Morgan fingerprint density at radius 3 is 1.19 bits per heavy atom. The highest BCUT2D eigenvalue weighted by Gasteiger charge is 2.46. The summed E-state index contributed by atoms with van der Waals surface area (Å²) in [5.41, 5.74) is -4.39. The Kier molecular flexibility index (Phi) is 9.83. The van der Waals surface area contributed by atoms with E-state index in [1.807, 2.05) is 0 Å². The Bertz CT molecular complexity index is 2860. The maximum absolute atomic E-state index is 14.5. The number of nitrogens with zero attached hydrogens (tertiary/aromatic N) is 2. The molecule has 0 N–H and O–H groups in total. The SMILES string of the molecule is CC1(C)c2ccccc2C(=O)N1c1nccc2c(-c3ccc(C(F)(F)F)cc3)c(-c3ccc(C(F)(F)F)cc3)c(-c3ccc(C(F)(F)F)cc3)c(-c3ccc(C(F)(F)F)cc3)c12. The number of pyridine rings is 1. The average Bonchev–Trinajstić information content (AvgIpc) is 3.42. The quantitative estimate of drug-likeness (QED) is 0.162. The first-order chi connectivity index (χ1) is 29.0. The van der Waals surface area contributed by atoms with Gasteiger partial charge in [-0.05, 0) is 124 Å². The van der Waals surface area contributed by atoms with Crippen LogP contribution in [-0.2, 0) is 30.2 Å². The largest absolute Gasteiger partial charge is 0.416 e. The van der Waals surface area contributed by atoms with E-state index in [9.17, 15) is 57.5 Å². The first-order valence-electron chi connectivity index (χ1n) is 18.6. The Morgan fingerprint density at radius 2 is 0.806 bits per heavy atom. The summed E-state index contributed by atoms with van der Waals surface area (Å²) in [5, 5.41) is 0.205. The molecule has 2 heterocycles. The Labute approximate surface area is 344 Å². The van der Waals surface area contributed by atoms with Crippen molar-refractivity contribution in [2.24, 2.45) is 0 Å². The van der Waals surface area contributed by atoms with Crippen LogP contribution in [0.4, 0.5) is 58.5 Å². The number of alkyl halides is 12. The number of aromatic nitrogens is 1. The molecule has 0 fully saturated rings. The smallest absolute Gasteiger partial charge is 0.282 e. The van der Waals surface area contributed by atoms with E-state index < -0.39 is 58.4 Å². The molecule has 1 aliphatic rings. The van der Waals surface area contributed by atoms with E-state index in [0.717, 1.165) is 97.1 Å². The topological polar surface area (TPSA) is 33.2 Å². The number of rotatable bonds is 5. The molecular weight excluding hydrogens is 837 g/mol. The molecule has 3 nitrogen and oxygen atoms in total. The zero-order chi connectivity index (χ0) is 44.7. The Hall–Kier alpha value is -6.64. The van der Waals surface area contributed by atoms with Gasteiger partial charge in [0.1, 0.15) is 5.82 Å². The zero-order valence-electron chi connectivity index (χ0n) is 32.0. The molecule has 0 saturated carbocycles. The van der Waals surface area contributed by atoms with E-state index in [1.54, 1.807) is 38.1 Å². The summed E-state index contributed by atoms with van der Waals surface area (Å²) >= 11 is 0. The zero-order valence-corrected chi connectivity index (χ0v) is 32.0. The monoisotopic (exact) mass is 864 g/mol. The lowest BCUT2D eigenvalue weighted by Crippen LogP contribution is -2.40. The molecule has 1 amide bonds. The van der Waals surface area contributed by atoms with E-state index in [2.05, 4.69) is 4.98 Å². The summed E-state index contributed by atoms with van der Waals surface area (Å²) in [7, 11) is 0. The minimum absolute atomic E-state index is 0.00749. The molecule has 0 spiro atoms. The van der Waals surface area contributed by atoms with Crippen LogP contribution in [0.15, 0.2) is 134 Å². The maximum Gasteiger partial charge on any atom is 0.416 e. The summed E-state index contributed by atoms with van der Waals surface area (Å²) in [6.07, 6.45) is -17.9. The van der Waals surface area contributed by atoms with Gasteiger partial charge in [-0.1, -0.05) is 66.7 Å². The molecule has 0 saturated heterocycles. The van der Waals surface area contributed by atoms with Crippen molar-refractivity contribution in [2.45, 2.75) is 44.1 Å². The molecule has 0 radical (unpaired) electrons. The van der Waals surface area contributed by atoms with Crippen LogP contribution in [0.25, 0.3) is 55.3 Å². The molecule has 62 heavy (non-hydrogen) atoms. The van der Waals surface area contributed by atoms with Crippen molar-refractivity contribution in [3.05, 3.63) is 167 Å². The molecule has 0 aliphatic carbocycles. The summed E-state index contributed by atoms with van der Waals surface area (Å²) < 4.78 is 168.